The van der Waals surface area contributed by atoms with Crippen molar-refractivity contribution in [3.05, 3.63) is 99.2 Å². The van der Waals surface area contributed by atoms with Crippen LogP contribution in [0.3, 0.4) is 0 Å². The number of aliphatic hydroxyl groups is 2. The lowest BCUT2D eigenvalue weighted by atomic mass is 9.81. The zero-order valence-electron chi connectivity index (χ0n) is 56.1. The number of carboxylic acid groups (broad SMARTS) is 1. The van der Waals surface area contributed by atoms with E-state index in [1.54, 1.807) is 44.4 Å². The second-order valence-corrected chi connectivity index (χ2v) is 32.6. The van der Waals surface area contributed by atoms with E-state index >= 15 is 9.59 Å². The molecular formula is C71H96N2O19Si. The predicted molar refractivity (Wildman–Crippen MR) is 350 cm³/mol. The number of aliphatic hydroxyl groups excluding tert-OH is 1. The van der Waals surface area contributed by atoms with Gasteiger partial charge < -0.3 is 67.9 Å². The normalized spacial score (nSPS) is 30.0. The van der Waals surface area contributed by atoms with Crippen LogP contribution in [0.25, 0.3) is 33.4 Å². The maximum Gasteiger partial charge on any atom is 0.407 e. The molecule has 6 aliphatic rings. The first kappa shape index (κ1) is 72.2. The van der Waals surface area contributed by atoms with Gasteiger partial charge in [-0.25, -0.2) is 14.4 Å². The van der Waals surface area contributed by atoms with E-state index in [1.165, 1.54) is 43.4 Å². The number of benzene rings is 3. The molecule has 508 valence electrons. The molecule has 0 radical (unpaired) electrons. The van der Waals surface area contributed by atoms with Crippen LogP contribution >= 0.6 is 0 Å². The maximum atomic E-state index is 15.6. The third-order valence-corrected chi connectivity index (χ3v) is 24.6. The fourth-order valence-electron chi connectivity index (χ4n) is 13.8. The molecule has 0 spiro atoms. The number of hydrogen-bond acceptors (Lipinski definition) is 18. The number of amides is 2. The van der Waals surface area contributed by atoms with E-state index in [1.807, 2.05) is 39.8 Å². The first-order chi connectivity index (χ1) is 43.9. The molecule has 22 heteroatoms. The van der Waals surface area contributed by atoms with Crippen molar-refractivity contribution in [2.45, 2.75) is 205 Å². The molecule has 5 N–H and O–H groups in total. The number of piperidine rings is 1. The lowest BCUT2D eigenvalue weighted by molar-refractivity contribution is -0.302. The summed E-state index contributed by atoms with van der Waals surface area (Å²) in [6.45, 7) is 19.1. The number of cyclic esters (lactones) is 1. The average molecular weight is 1310 g/mol. The Labute approximate surface area is 546 Å². The topological polar surface area (TPSA) is 293 Å². The summed E-state index contributed by atoms with van der Waals surface area (Å²) < 4.78 is 50.3. The molecule has 8 rings (SSSR count). The van der Waals surface area contributed by atoms with Crippen LogP contribution in [0.1, 0.15) is 142 Å². The van der Waals surface area contributed by atoms with Crippen LogP contribution in [0, 0.1) is 29.6 Å². The van der Waals surface area contributed by atoms with Gasteiger partial charge in [0.15, 0.2) is 13.7 Å². The highest BCUT2D eigenvalue weighted by atomic mass is 28.4. The zero-order valence-corrected chi connectivity index (χ0v) is 57.1. The summed E-state index contributed by atoms with van der Waals surface area (Å²) >= 11 is 0. The van der Waals surface area contributed by atoms with Gasteiger partial charge in [-0.1, -0.05) is 77.5 Å². The number of carboxylic acids is 1. The Kier molecular flexibility index (Phi) is 23.6. The summed E-state index contributed by atoms with van der Waals surface area (Å²) in [5.74, 6) is -10.0. The predicted octanol–water partition coefficient (Wildman–Crippen LogP) is 10.7. The van der Waals surface area contributed by atoms with Gasteiger partial charge in [-0.3, -0.25) is 19.2 Å². The summed E-state index contributed by atoms with van der Waals surface area (Å²) in [7, 11) is 1.76. The number of phenols is 1. The number of methoxy groups -OCH3 is 3. The number of Topliss-reactive ketones (excluding diaryl/α,β-unsaturated/α-hetero) is 2. The van der Waals surface area contributed by atoms with Crippen molar-refractivity contribution in [1.82, 2.24) is 10.2 Å². The van der Waals surface area contributed by atoms with Gasteiger partial charge in [0, 0.05) is 74.6 Å². The van der Waals surface area contributed by atoms with Crippen molar-refractivity contribution in [1.29, 1.82) is 0 Å². The molecule has 14 atom stereocenters. The minimum atomic E-state index is -2.79. The molecule has 2 aliphatic carbocycles. The number of nitrogens with one attached hydrogen (secondary N) is 1. The van der Waals surface area contributed by atoms with Gasteiger partial charge in [0.1, 0.15) is 41.1 Å². The molecule has 4 heterocycles. The standard InChI is InChI=1S/C71H96N2O19Si/c1-39-30-40(2)32-59(86-10)64-60(87-11)34-42(4)71(84,91-64)65(78)66(79)73-28-17-16-20-52(73)68(82)90-62(41(3)33-44-21-25-54(76)58(35-44)85-9)43(5)56(92-93(12,13)70(6,7)8)37-55(77)45(31-39)27-29-88-69(83)72-38-51-53(75)26-24-50-61(47-18-14-15-19-48(47)67(80)81)49-23-22-46(74)36-57(49)89-63(50)51/h14-15,18-19,22-24,26,31,33,36,40,42-45,52,54,56,58-60,62,64,75-76,84H,16-17,20-21,25,27-30,32,34-35,37-38H2,1-13H3,(H,72,83)(H,80,81)/b39-31+,41-33+/t40-,42+,43+,44-,45+,52?,54+,56-,58+,59-,60-,62+,64+,71+/m0/s1. The third kappa shape index (κ3) is 16.4. The molecule has 1 saturated carbocycles. The molecule has 0 aromatic heterocycles. The van der Waals surface area contributed by atoms with Gasteiger partial charge in [0.05, 0.1) is 54.8 Å². The van der Waals surface area contributed by atoms with Gasteiger partial charge in [0.2, 0.25) is 5.79 Å². The Hall–Kier alpha value is -6.63. The molecule has 21 nitrogen and oxygen atoms in total. The van der Waals surface area contributed by atoms with Gasteiger partial charge in [-0.15, -0.1) is 0 Å². The van der Waals surface area contributed by atoms with Crippen molar-refractivity contribution < 1.29 is 86.5 Å². The lowest BCUT2D eigenvalue weighted by Crippen LogP contribution is -2.64. The van der Waals surface area contributed by atoms with Crippen molar-refractivity contribution in [3.8, 4) is 28.2 Å². The zero-order chi connectivity index (χ0) is 68.0. The monoisotopic (exact) mass is 1310 g/mol. The van der Waals surface area contributed by atoms with E-state index in [0.29, 0.717) is 72.6 Å². The summed E-state index contributed by atoms with van der Waals surface area (Å²) in [6.07, 6.45) is 1.01. The summed E-state index contributed by atoms with van der Waals surface area (Å²) in [4.78, 5) is 101. The summed E-state index contributed by atoms with van der Waals surface area (Å²) in [5.41, 5.74) is 2.50. The van der Waals surface area contributed by atoms with Crippen molar-refractivity contribution >= 4 is 54.8 Å². The van der Waals surface area contributed by atoms with Gasteiger partial charge in [-0.05, 0) is 149 Å². The number of hydrogen-bond donors (Lipinski definition) is 5. The van der Waals surface area contributed by atoms with Crippen LogP contribution in [-0.4, -0.2) is 158 Å². The number of phenolic OH excluding ortho intramolecular Hbond substituents is 1. The average Bonchev–Trinajstić information content (AvgIpc) is 0.791. The van der Waals surface area contributed by atoms with E-state index in [-0.39, 0.29) is 102 Å². The molecular weight excluding hydrogens is 1210 g/mol. The first-order valence-electron chi connectivity index (χ1n) is 32.6. The number of nitrogens with zero attached hydrogens (tertiary/aromatic N) is 1. The number of fused-ring (bicyclic) bond motifs is 5. The fraction of sp³-hybridized carbons (Fsp3) is 0.592. The number of aromatic carboxylic acids is 1. The van der Waals surface area contributed by atoms with Crippen LogP contribution in [0.15, 0.2) is 87.1 Å². The summed E-state index contributed by atoms with van der Waals surface area (Å²) in [6, 6.07) is 12.3. The minimum absolute atomic E-state index is 0.00964. The fourth-order valence-corrected chi connectivity index (χ4v) is 15.2. The van der Waals surface area contributed by atoms with E-state index in [0.717, 1.165) is 5.57 Å². The van der Waals surface area contributed by atoms with Crippen LogP contribution in [0.2, 0.25) is 18.1 Å². The van der Waals surface area contributed by atoms with Gasteiger partial charge in [-0.2, -0.15) is 0 Å². The Morgan fingerprint density at radius 3 is 2.25 bits per heavy atom. The largest absolute Gasteiger partial charge is 0.507 e. The van der Waals surface area contributed by atoms with Crippen LogP contribution in [0.4, 0.5) is 4.79 Å². The van der Waals surface area contributed by atoms with Crippen LogP contribution < -0.4 is 10.7 Å². The maximum absolute atomic E-state index is 15.6. The van der Waals surface area contributed by atoms with Crippen LogP contribution in [-0.2, 0) is 58.6 Å². The minimum Gasteiger partial charge on any atom is -0.507 e. The molecule has 2 saturated heterocycles. The SMILES string of the molecule is CO[C@H]1C[C@@H](C)C/C(C)=C/[C@@H](CCOC(=O)NCc2c(O)ccc3c(-c4ccccc4C(=O)O)c4ccc(=O)cc-4oc23)C(=O)C[C@H](O[Si](C)(C)C(C)(C)C)[C@@H](C)[C@@H](/C(C)=C/[C@@H]2CC[C@@H](O)[C@H](OC)C2)OC(=O)C2CCCCN2C(=O)C(=O)[C@]2(O)O[C@H]1[C@@H](OC)C[C@H]2C. The second-order valence-electron chi connectivity index (χ2n) is 27.8. The highest BCUT2D eigenvalue weighted by molar-refractivity contribution is 6.74. The number of aromatic hydroxyl groups is 1. The quantitative estimate of drug-likeness (QED) is 0.0258. The Morgan fingerprint density at radius 2 is 1.56 bits per heavy atom. The van der Waals surface area contributed by atoms with E-state index in [9.17, 15) is 44.4 Å². The summed E-state index contributed by atoms with van der Waals surface area (Å²) in [5, 5.41) is 47.6. The van der Waals surface area contributed by atoms with Gasteiger partial charge in [0.25, 0.3) is 11.7 Å². The number of esters is 1. The van der Waals surface area contributed by atoms with E-state index in [4.69, 9.17) is 37.3 Å². The molecule has 2 bridgehead atoms. The van der Waals surface area contributed by atoms with Gasteiger partial charge >= 0.3 is 18.0 Å². The van der Waals surface area contributed by atoms with Crippen LogP contribution in [0.5, 0.6) is 5.75 Å². The highest BCUT2D eigenvalue weighted by Gasteiger charge is 2.57. The molecule has 93 heavy (non-hydrogen) atoms. The molecule has 2 aromatic carbocycles. The smallest absolute Gasteiger partial charge is 0.407 e. The molecule has 2 aromatic rings. The van der Waals surface area contributed by atoms with Crippen molar-refractivity contribution in [3.63, 3.8) is 0 Å². The van der Waals surface area contributed by atoms with E-state index < -0.39 is 110 Å². The number of allylic oxidation sites excluding steroid dienone is 3. The molecule has 3 fully saturated rings. The number of ether oxygens (including phenoxy) is 6. The number of carbonyl (C=O) groups is 6. The Balaban J connectivity index is 1.16. The number of carbonyl (C=O) groups excluding carboxylic acids is 5. The van der Waals surface area contributed by atoms with E-state index in [2.05, 4.69) is 39.2 Å². The lowest BCUT2D eigenvalue weighted by Gasteiger charge is -2.47. The van der Waals surface area contributed by atoms with Crippen molar-refractivity contribution in [2.75, 3.05) is 34.5 Å². The molecule has 1 unspecified atom stereocenters. The van der Waals surface area contributed by atoms with Crippen molar-refractivity contribution in [2.24, 2.45) is 29.6 Å². The number of ketones is 2. The third-order valence-electron chi connectivity index (χ3n) is 20.1. The molecule has 2 amide bonds. The first-order valence-corrected chi connectivity index (χ1v) is 35.6. The Bertz CT molecular complexity index is 3460. The number of alkyl carbamates (subject to hydrolysis) is 1. The number of rotatable bonds is 14. The highest BCUT2D eigenvalue weighted by Crippen LogP contribution is 2.45. The molecule has 4 aliphatic heterocycles. The Morgan fingerprint density at radius 1 is 0.860 bits per heavy atom. The second kappa shape index (κ2) is 30.4.